The van der Waals surface area contributed by atoms with Crippen LogP contribution >= 0.6 is 0 Å². The fourth-order valence-corrected chi connectivity index (χ4v) is 2.18. The highest BCUT2D eigenvalue weighted by Crippen LogP contribution is 2.19. The molecule has 17 heavy (non-hydrogen) atoms. The number of esters is 1. The van der Waals surface area contributed by atoms with Crippen molar-refractivity contribution in [3.05, 3.63) is 6.92 Å². The Kier molecular flexibility index (Phi) is 5.30. The van der Waals surface area contributed by atoms with Gasteiger partial charge in [0.25, 0.3) is 0 Å². The predicted molar refractivity (Wildman–Crippen MR) is 67.3 cm³/mol. The van der Waals surface area contributed by atoms with Crippen LogP contribution in [-0.4, -0.2) is 54.6 Å². The smallest absolute Gasteiger partial charge is 0.376 e. The fraction of sp³-hybridized carbons (Fsp3) is 0.818. The second-order valence-electron chi connectivity index (χ2n) is 4.79. The van der Waals surface area contributed by atoms with Gasteiger partial charge < -0.3 is 19.9 Å². The Morgan fingerprint density at radius 1 is 1.65 bits per heavy atom. The number of rotatable bonds is 5. The first-order valence-corrected chi connectivity index (χ1v) is 6.09. The lowest BCUT2D eigenvalue weighted by Gasteiger charge is -2.20. The minimum absolute atomic E-state index is 0.0312. The third kappa shape index (κ3) is 3.90. The Labute approximate surface area is 104 Å². The van der Waals surface area contributed by atoms with E-state index < -0.39 is 7.05 Å². The van der Waals surface area contributed by atoms with Crippen molar-refractivity contribution >= 4 is 13.0 Å². The molecule has 0 spiro atoms. The first-order chi connectivity index (χ1) is 7.95. The van der Waals surface area contributed by atoms with E-state index in [1.54, 1.807) is 6.82 Å². The molecule has 0 aromatic carbocycles. The van der Waals surface area contributed by atoms with Crippen molar-refractivity contribution in [2.75, 3.05) is 19.7 Å². The summed E-state index contributed by atoms with van der Waals surface area (Å²) in [6.07, 6.45) is 0. The normalized spacial score (nSPS) is 25.2. The zero-order valence-corrected chi connectivity index (χ0v) is 10.8. The predicted octanol–water partition coefficient (Wildman–Crippen LogP) is -0.228. The molecule has 1 fully saturated rings. The molecule has 2 N–H and O–H groups in total. The van der Waals surface area contributed by atoms with Crippen molar-refractivity contribution < 1.29 is 14.6 Å². The SMILES string of the molecule is [CH2+]COC(=O)[C@H]1CN(B(C)O)C[C@@H]1NC(C)C. The number of hydrogen-bond acceptors (Lipinski definition) is 5. The van der Waals surface area contributed by atoms with E-state index in [0.29, 0.717) is 19.1 Å². The first kappa shape index (κ1) is 14.3. The van der Waals surface area contributed by atoms with Gasteiger partial charge in [-0.3, -0.25) is 4.79 Å². The lowest BCUT2D eigenvalue weighted by molar-refractivity contribution is -0.147. The molecule has 0 unspecified atom stereocenters. The van der Waals surface area contributed by atoms with Crippen molar-refractivity contribution in [2.24, 2.45) is 5.92 Å². The Balaban J connectivity index is 2.66. The minimum atomic E-state index is -0.538. The molecule has 1 aliphatic heterocycles. The van der Waals surface area contributed by atoms with Gasteiger partial charge in [-0.2, -0.15) is 0 Å². The number of carbonyl (C=O) groups is 1. The average molecular weight is 241 g/mol. The van der Waals surface area contributed by atoms with E-state index in [1.165, 1.54) is 0 Å². The summed E-state index contributed by atoms with van der Waals surface area (Å²) < 4.78 is 4.97. The molecule has 0 radical (unpaired) electrons. The van der Waals surface area contributed by atoms with Crippen LogP contribution < -0.4 is 5.32 Å². The Hall–Kier alpha value is -0.715. The van der Waals surface area contributed by atoms with Gasteiger partial charge in [-0.25, -0.2) is 0 Å². The quantitative estimate of drug-likeness (QED) is 0.395. The van der Waals surface area contributed by atoms with Gasteiger partial charge in [-0.05, 0) is 6.82 Å². The van der Waals surface area contributed by atoms with E-state index >= 15 is 0 Å². The number of carbonyl (C=O) groups excluding carboxylic acids is 1. The van der Waals surface area contributed by atoms with Gasteiger partial charge in [0.15, 0.2) is 0 Å². The Morgan fingerprint density at radius 2 is 2.29 bits per heavy atom. The summed E-state index contributed by atoms with van der Waals surface area (Å²) in [5.74, 6) is -0.463. The third-order valence-electron chi connectivity index (χ3n) is 2.97. The molecule has 2 atom stereocenters. The lowest BCUT2D eigenvalue weighted by atomic mass is 9.86. The Morgan fingerprint density at radius 3 is 2.76 bits per heavy atom. The molecular formula is C11H22BN2O3+. The summed E-state index contributed by atoms with van der Waals surface area (Å²) in [7, 11) is -0.538. The van der Waals surface area contributed by atoms with Crippen molar-refractivity contribution in [1.29, 1.82) is 0 Å². The maximum absolute atomic E-state index is 11.8. The zero-order valence-electron chi connectivity index (χ0n) is 10.8. The van der Waals surface area contributed by atoms with Crippen LogP contribution in [0.4, 0.5) is 0 Å². The molecule has 5 nitrogen and oxygen atoms in total. The number of nitrogens with one attached hydrogen (secondary N) is 1. The third-order valence-corrected chi connectivity index (χ3v) is 2.97. The van der Waals surface area contributed by atoms with Gasteiger partial charge in [0, 0.05) is 25.2 Å². The van der Waals surface area contributed by atoms with Crippen LogP contribution in [0, 0.1) is 12.8 Å². The molecule has 0 bridgehead atoms. The number of ether oxygens (including phenoxy) is 1. The van der Waals surface area contributed by atoms with Crippen molar-refractivity contribution in [2.45, 2.75) is 32.8 Å². The maximum Gasteiger partial charge on any atom is 0.376 e. The molecule has 0 aromatic rings. The molecule has 1 saturated heterocycles. The summed E-state index contributed by atoms with van der Waals surface area (Å²) in [6, 6.07) is 0.327. The van der Waals surface area contributed by atoms with Gasteiger partial charge in [0.1, 0.15) is 6.92 Å². The average Bonchev–Trinajstić information content (AvgIpc) is 2.61. The summed E-state index contributed by atoms with van der Waals surface area (Å²) >= 11 is 0. The second-order valence-corrected chi connectivity index (χ2v) is 4.79. The second kappa shape index (κ2) is 6.28. The van der Waals surface area contributed by atoms with Crippen molar-refractivity contribution in [3.63, 3.8) is 0 Å². The fourth-order valence-electron chi connectivity index (χ4n) is 2.18. The van der Waals surface area contributed by atoms with E-state index in [1.807, 2.05) is 18.7 Å². The largest absolute Gasteiger partial charge is 0.437 e. The van der Waals surface area contributed by atoms with Crippen LogP contribution in [0.1, 0.15) is 13.8 Å². The van der Waals surface area contributed by atoms with Gasteiger partial charge in [-0.1, -0.05) is 13.8 Å². The summed E-state index contributed by atoms with van der Waals surface area (Å²) in [4.78, 5) is 13.7. The molecule has 0 saturated carbocycles. The molecule has 0 aromatic heterocycles. The van der Waals surface area contributed by atoms with Gasteiger partial charge >= 0.3 is 13.0 Å². The maximum atomic E-state index is 11.8. The minimum Gasteiger partial charge on any atom is -0.437 e. The van der Waals surface area contributed by atoms with E-state index in [9.17, 15) is 9.82 Å². The highest BCUT2D eigenvalue weighted by Gasteiger charge is 2.40. The zero-order chi connectivity index (χ0) is 13.0. The molecule has 1 rings (SSSR count). The standard InChI is InChI=1S/C11H22BN2O3/c1-5-17-11(15)9-6-14(12(4)16)7-10(9)13-8(2)3/h8-10,13,16H,1,5-7H2,2-4H3/q+1/t9-,10-/m0/s1. The van der Waals surface area contributed by atoms with Crippen LogP contribution in [0.2, 0.25) is 6.82 Å². The van der Waals surface area contributed by atoms with Crippen LogP contribution in [0.5, 0.6) is 0 Å². The van der Waals surface area contributed by atoms with Gasteiger partial charge in [0.05, 0.1) is 5.92 Å². The Bertz CT molecular complexity index is 261. The van der Waals surface area contributed by atoms with Crippen LogP contribution in [-0.2, 0) is 9.53 Å². The molecular weight excluding hydrogens is 219 g/mol. The van der Waals surface area contributed by atoms with Gasteiger partial charge in [0.2, 0.25) is 6.61 Å². The van der Waals surface area contributed by atoms with E-state index in [2.05, 4.69) is 12.2 Å². The highest BCUT2D eigenvalue weighted by atomic mass is 16.5. The summed E-state index contributed by atoms with van der Waals surface area (Å²) in [6.45, 7) is 10.6. The van der Waals surface area contributed by atoms with E-state index in [-0.39, 0.29) is 24.5 Å². The number of nitrogens with zero attached hydrogens (tertiary/aromatic N) is 1. The number of hydrogen-bond donors (Lipinski definition) is 2. The van der Waals surface area contributed by atoms with E-state index in [4.69, 9.17) is 4.74 Å². The lowest BCUT2D eigenvalue weighted by Crippen LogP contribution is -2.44. The molecule has 1 heterocycles. The van der Waals surface area contributed by atoms with E-state index in [0.717, 1.165) is 0 Å². The topological polar surface area (TPSA) is 61.8 Å². The molecule has 96 valence electrons. The summed E-state index contributed by atoms with van der Waals surface area (Å²) in [5.41, 5.74) is 0. The summed E-state index contributed by atoms with van der Waals surface area (Å²) in [5, 5.41) is 12.9. The van der Waals surface area contributed by atoms with Crippen molar-refractivity contribution in [3.8, 4) is 0 Å². The van der Waals surface area contributed by atoms with Gasteiger partial charge in [-0.15, -0.1) is 0 Å². The first-order valence-electron chi connectivity index (χ1n) is 6.09. The highest BCUT2D eigenvalue weighted by molar-refractivity contribution is 6.45. The molecule has 1 aliphatic rings. The van der Waals surface area contributed by atoms with Crippen LogP contribution in [0.3, 0.4) is 0 Å². The van der Waals surface area contributed by atoms with Crippen molar-refractivity contribution in [1.82, 2.24) is 10.1 Å². The molecule has 6 heteroatoms. The monoisotopic (exact) mass is 241 g/mol. The molecule has 0 amide bonds. The van der Waals surface area contributed by atoms with Crippen LogP contribution in [0.15, 0.2) is 0 Å². The molecule has 0 aliphatic carbocycles. The van der Waals surface area contributed by atoms with Crippen LogP contribution in [0.25, 0.3) is 0 Å².